The second kappa shape index (κ2) is 29.3. The van der Waals surface area contributed by atoms with Gasteiger partial charge in [-0.25, -0.2) is 9.97 Å². The molecule has 6 amide bonds. The molecule has 2 aromatic heterocycles. The molecule has 4 N–H and O–H groups in total. The number of likely N-dealkylation sites (N-methyl/N-ethyl adjacent to an activating group) is 2. The van der Waals surface area contributed by atoms with Crippen molar-refractivity contribution in [2.24, 2.45) is 11.8 Å². The van der Waals surface area contributed by atoms with Crippen LogP contribution in [0.1, 0.15) is 136 Å². The first-order chi connectivity index (χ1) is 39.9. The van der Waals surface area contributed by atoms with Crippen molar-refractivity contribution in [3.63, 3.8) is 0 Å². The Balaban J connectivity index is 0.887. The van der Waals surface area contributed by atoms with Crippen LogP contribution in [0.5, 0.6) is 0 Å². The summed E-state index contributed by atoms with van der Waals surface area (Å²) in [6, 6.07) is 25.6. The molecule has 0 radical (unpaired) electrons. The molecule has 0 spiro atoms. The molecule has 0 bridgehead atoms. The molecule has 0 unspecified atom stereocenters. The fourth-order valence-corrected chi connectivity index (χ4v) is 14.1. The Morgan fingerprint density at radius 2 is 0.902 bits per heavy atom. The third kappa shape index (κ3) is 15.3. The van der Waals surface area contributed by atoms with Crippen LogP contribution in [0.3, 0.4) is 0 Å². The summed E-state index contributed by atoms with van der Waals surface area (Å²) in [5.41, 5.74) is 4.61. The summed E-state index contributed by atoms with van der Waals surface area (Å²) in [6.45, 7) is 6.39. The van der Waals surface area contributed by atoms with Crippen molar-refractivity contribution < 1.29 is 28.8 Å². The fraction of sp³-hybridized carbons (Fsp3) is 0.531. The van der Waals surface area contributed by atoms with Gasteiger partial charge in [-0.1, -0.05) is 123 Å². The van der Waals surface area contributed by atoms with Crippen LogP contribution in [0.4, 0.5) is 0 Å². The minimum absolute atomic E-state index is 0.0505. The highest BCUT2D eigenvalue weighted by molar-refractivity contribution is 7.13. The molecule has 2 saturated heterocycles. The van der Waals surface area contributed by atoms with Gasteiger partial charge in [0.1, 0.15) is 33.5 Å². The van der Waals surface area contributed by atoms with Crippen LogP contribution in [0, 0.1) is 11.8 Å². The molecule has 5 aromatic rings. The second-order valence-corrected chi connectivity index (χ2v) is 24.8. The Morgan fingerprint density at radius 1 is 0.524 bits per heavy atom. The van der Waals surface area contributed by atoms with Gasteiger partial charge in [0, 0.05) is 73.2 Å². The largest absolute Gasteiger partial charge is 0.343 e. The minimum Gasteiger partial charge on any atom is -0.343 e. The van der Waals surface area contributed by atoms with Gasteiger partial charge >= 0.3 is 0 Å². The molecular weight excluding hydrogens is 1070 g/mol. The molecule has 4 fully saturated rings. The van der Waals surface area contributed by atoms with E-state index in [0.29, 0.717) is 73.5 Å². The lowest BCUT2D eigenvalue weighted by molar-refractivity contribution is -0.139. The average Bonchev–Trinajstić information content (AvgIpc) is 4.55. The Hall–Kier alpha value is -6.34. The molecular formula is C64H84N10O6S2. The van der Waals surface area contributed by atoms with E-state index in [2.05, 4.69) is 45.5 Å². The maximum atomic E-state index is 14.7. The summed E-state index contributed by atoms with van der Waals surface area (Å²) in [5.74, 6) is -0.695. The Morgan fingerprint density at radius 3 is 1.27 bits per heavy atom. The molecule has 2 saturated carbocycles. The molecule has 18 heteroatoms. The van der Waals surface area contributed by atoms with Gasteiger partial charge < -0.3 is 40.9 Å². The van der Waals surface area contributed by atoms with Gasteiger partial charge in [-0.2, -0.15) is 0 Å². The number of nitrogens with zero attached hydrogens (tertiary/aromatic N) is 6. The van der Waals surface area contributed by atoms with Crippen molar-refractivity contribution in [2.75, 3.05) is 53.4 Å². The van der Waals surface area contributed by atoms with Gasteiger partial charge in [-0.15, -0.1) is 22.7 Å². The van der Waals surface area contributed by atoms with Gasteiger partial charge in [0.25, 0.3) is 11.8 Å². The number of carbonyl (C=O) groups is 6. The molecule has 6 atom stereocenters. The maximum absolute atomic E-state index is 14.7. The number of benzene rings is 3. The molecule has 3 aromatic carbocycles. The molecule has 4 heterocycles. The van der Waals surface area contributed by atoms with Gasteiger partial charge in [-0.3, -0.25) is 28.8 Å². The van der Waals surface area contributed by atoms with Crippen molar-refractivity contribution in [3.8, 4) is 21.1 Å². The lowest BCUT2D eigenvalue weighted by atomic mass is 9.83. The Kier molecular flexibility index (Phi) is 21.5. The third-order valence-corrected chi connectivity index (χ3v) is 19.4. The van der Waals surface area contributed by atoms with Gasteiger partial charge in [0.15, 0.2) is 0 Å². The van der Waals surface area contributed by atoms with E-state index in [1.54, 1.807) is 27.9 Å². The zero-order valence-electron chi connectivity index (χ0n) is 48.4. The van der Waals surface area contributed by atoms with Gasteiger partial charge in [-0.05, 0) is 115 Å². The number of amides is 6. The molecule has 4 aliphatic rings. The first-order valence-electron chi connectivity index (χ1n) is 30.1. The van der Waals surface area contributed by atoms with Crippen molar-refractivity contribution in [2.45, 2.75) is 153 Å². The molecule has 16 nitrogen and oxygen atoms in total. The smallest absolute Gasteiger partial charge is 0.273 e. The van der Waals surface area contributed by atoms with Crippen LogP contribution in [0.15, 0.2) is 95.7 Å². The van der Waals surface area contributed by atoms with E-state index >= 15 is 0 Å². The lowest BCUT2D eigenvalue weighted by Gasteiger charge is -2.37. The van der Waals surface area contributed by atoms with Crippen LogP contribution >= 0.6 is 22.7 Å². The Labute approximate surface area is 492 Å². The number of likely N-dealkylation sites (tertiary alicyclic amines) is 2. The van der Waals surface area contributed by atoms with Crippen LogP contribution in [0.25, 0.3) is 21.1 Å². The second-order valence-electron chi connectivity index (χ2n) is 23.1. The highest BCUT2D eigenvalue weighted by Crippen LogP contribution is 2.34. The first-order valence-corrected chi connectivity index (χ1v) is 31.9. The van der Waals surface area contributed by atoms with Crippen LogP contribution in [0.2, 0.25) is 0 Å². The zero-order chi connectivity index (χ0) is 57.5. The topological polar surface area (TPSA) is 189 Å². The van der Waals surface area contributed by atoms with Gasteiger partial charge in [0.2, 0.25) is 23.6 Å². The molecule has 9 rings (SSSR count). The van der Waals surface area contributed by atoms with E-state index in [1.807, 2.05) is 91.0 Å². The number of carbonyl (C=O) groups excluding carboxylic acids is 6. The van der Waals surface area contributed by atoms with E-state index in [-0.39, 0.29) is 59.4 Å². The van der Waals surface area contributed by atoms with Crippen LogP contribution in [-0.4, -0.2) is 155 Å². The summed E-state index contributed by atoms with van der Waals surface area (Å²) in [4.78, 5) is 103. The van der Waals surface area contributed by atoms with Crippen molar-refractivity contribution in [3.05, 3.63) is 118 Å². The summed E-state index contributed by atoms with van der Waals surface area (Å²) in [7, 11) is 3.49. The lowest BCUT2D eigenvalue weighted by Crippen LogP contribution is -2.57. The predicted molar refractivity (Wildman–Crippen MR) is 324 cm³/mol. The monoisotopic (exact) mass is 1150 g/mol. The van der Waals surface area contributed by atoms with Crippen LogP contribution < -0.4 is 21.3 Å². The maximum Gasteiger partial charge on any atom is 0.273 e. The number of hydrogen-bond donors (Lipinski definition) is 4. The highest BCUT2D eigenvalue weighted by atomic mass is 32.1. The van der Waals surface area contributed by atoms with E-state index < -0.39 is 24.2 Å². The van der Waals surface area contributed by atoms with E-state index in [1.165, 1.54) is 22.7 Å². The summed E-state index contributed by atoms with van der Waals surface area (Å²) < 4.78 is 0. The van der Waals surface area contributed by atoms with E-state index in [0.717, 1.165) is 112 Å². The van der Waals surface area contributed by atoms with Crippen molar-refractivity contribution in [1.29, 1.82) is 0 Å². The first kappa shape index (κ1) is 60.3. The number of rotatable bonds is 24. The number of nitrogens with one attached hydrogen (secondary N) is 4. The highest BCUT2D eigenvalue weighted by Gasteiger charge is 2.42. The number of aromatic nitrogens is 2. The van der Waals surface area contributed by atoms with Crippen LogP contribution in [-0.2, 0) is 32.0 Å². The number of thiazole rings is 2. The van der Waals surface area contributed by atoms with Crippen molar-refractivity contribution in [1.82, 2.24) is 50.8 Å². The Bertz CT molecular complexity index is 2710. The predicted octanol–water partition coefficient (Wildman–Crippen LogP) is 8.63. The molecule has 2 aliphatic heterocycles. The minimum atomic E-state index is -0.607. The normalized spacial score (nSPS) is 19.3. The van der Waals surface area contributed by atoms with Gasteiger partial charge in [0.05, 0.1) is 12.1 Å². The third-order valence-electron chi connectivity index (χ3n) is 17.6. The zero-order valence-corrected chi connectivity index (χ0v) is 50.0. The van der Waals surface area contributed by atoms with E-state index in [4.69, 9.17) is 9.97 Å². The summed E-state index contributed by atoms with van der Waals surface area (Å²) in [6.07, 6.45) is 14.5. The SMILES string of the molecule is CN[C@@H](C)C(=O)N[C@H](C(=O)N1CCC[C@H]1CN(CCc1ccccc1)C(=O)c1csc(-c2ccc(-c3nc(C(=O)N(CCc4ccccc4)C[C@@H]4CCCN4C(=O)[C@@H](NC(=O)[C@H](C)NC)C4CCCCC4)cs3)cc2)n1)C1CCCCC1. The molecule has 2 aliphatic carbocycles. The standard InChI is InChI=1S/C64H84N10O6S2/c1-43(65-3)57(75)69-55(47-23-13-7-14-24-47)63(79)73-35-17-27-51(73)39-71(37-33-45-19-9-5-10-20-45)61(77)53-41-81-59(67-53)49-29-31-50(32-30-49)60-68-54(42-82-60)62(78)72(38-34-46-21-11-6-12-22-46)40-52-28-18-36-74(52)64(80)56(48-25-15-8-16-26-48)70-58(76)44(2)66-4/h5-6,9-12,19-22,29-32,41-44,47-48,51-52,55-56,65-66H,7-8,13-18,23-28,33-40H2,1-4H3,(H,69,75)(H,70,76)/t43-,44-,51-,52-,55-,56-/m0/s1. The van der Waals surface area contributed by atoms with Crippen molar-refractivity contribution >= 4 is 58.1 Å². The average molecular weight is 1150 g/mol. The number of hydrogen-bond acceptors (Lipinski definition) is 12. The fourth-order valence-electron chi connectivity index (χ4n) is 12.5. The molecule has 438 valence electrons. The summed E-state index contributed by atoms with van der Waals surface area (Å²) in [5, 5.41) is 17.3. The quantitative estimate of drug-likeness (QED) is 0.0466. The van der Waals surface area contributed by atoms with E-state index in [9.17, 15) is 28.8 Å². The summed E-state index contributed by atoms with van der Waals surface area (Å²) >= 11 is 2.81. The molecule has 82 heavy (non-hydrogen) atoms.